The zero-order valence-electron chi connectivity index (χ0n) is 9.35. The van der Waals surface area contributed by atoms with Gasteiger partial charge in [0.2, 0.25) is 0 Å². The van der Waals surface area contributed by atoms with Crippen molar-refractivity contribution in [1.82, 2.24) is 10.5 Å². The van der Waals surface area contributed by atoms with Crippen LogP contribution in [0.2, 0.25) is 0 Å². The first-order chi connectivity index (χ1) is 7.84. The van der Waals surface area contributed by atoms with Gasteiger partial charge in [-0.1, -0.05) is 5.16 Å². The van der Waals surface area contributed by atoms with Crippen LogP contribution in [0.15, 0.2) is 39.7 Å². The van der Waals surface area contributed by atoms with Crippen LogP contribution in [0.1, 0.15) is 24.8 Å². The Morgan fingerprint density at radius 1 is 1.38 bits per heavy atom. The third kappa shape index (κ3) is 3.24. The van der Waals surface area contributed by atoms with E-state index in [-0.39, 0.29) is 0 Å². The molecule has 2 heterocycles. The van der Waals surface area contributed by atoms with Crippen LogP contribution < -0.4 is 5.32 Å². The van der Waals surface area contributed by atoms with E-state index in [0.717, 1.165) is 30.8 Å². The van der Waals surface area contributed by atoms with Crippen LogP contribution in [0, 0.1) is 0 Å². The van der Waals surface area contributed by atoms with E-state index in [9.17, 15) is 0 Å². The van der Waals surface area contributed by atoms with Crippen molar-refractivity contribution in [3.63, 3.8) is 0 Å². The van der Waals surface area contributed by atoms with Gasteiger partial charge >= 0.3 is 0 Å². The second-order valence-corrected chi connectivity index (χ2v) is 3.89. The van der Waals surface area contributed by atoms with Crippen molar-refractivity contribution in [2.75, 3.05) is 0 Å². The Bertz CT molecular complexity index is 343. The van der Waals surface area contributed by atoms with Crippen molar-refractivity contribution >= 4 is 0 Å². The standard InChI is InChI=1S/C12H16N2O2/c1-10(4-5-12-3-2-7-15-12)13-9-11-6-8-16-14-11/h2-3,6-8,10,13H,4-5,9H2,1H3. The van der Waals surface area contributed by atoms with Gasteiger partial charge in [-0.3, -0.25) is 0 Å². The summed E-state index contributed by atoms with van der Waals surface area (Å²) >= 11 is 0. The lowest BCUT2D eigenvalue weighted by atomic mass is 10.1. The molecule has 0 saturated heterocycles. The minimum atomic E-state index is 0.432. The fourth-order valence-corrected chi connectivity index (χ4v) is 1.52. The van der Waals surface area contributed by atoms with Gasteiger partial charge in [0.15, 0.2) is 0 Å². The van der Waals surface area contributed by atoms with Gasteiger partial charge in [0.05, 0.1) is 12.0 Å². The molecule has 0 aliphatic rings. The molecule has 2 aromatic heterocycles. The van der Waals surface area contributed by atoms with E-state index < -0.39 is 0 Å². The molecule has 0 aromatic carbocycles. The Balaban J connectivity index is 1.66. The summed E-state index contributed by atoms with van der Waals surface area (Å²) in [6, 6.07) is 6.22. The van der Waals surface area contributed by atoms with Crippen LogP contribution in [0.3, 0.4) is 0 Å². The third-order valence-electron chi connectivity index (χ3n) is 2.53. The summed E-state index contributed by atoms with van der Waals surface area (Å²) in [6.45, 7) is 2.90. The maximum absolute atomic E-state index is 5.28. The Morgan fingerprint density at radius 3 is 3.00 bits per heavy atom. The van der Waals surface area contributed by atoms with Crippen molar-refractivity contribution in [2.45, 2.75) is 32.4 Å². The molecule has 86 valence electrons. The molecule has 1 N–H and O–H groups in total. The van der Waals surface area contributed by atoms with Crippen molar-refractivity contribution in [3.05, 3.63) is 42.2 Å². The van der Waals surface area contributed by atoms with Crippen LogP contribution in [-0.2, 0) is 13.0 Å². The minimum absolute atomic E-state index is 0.432. The Hall–Kier alpha value is -1.55. The maximum atomic E-state index is 5.28. The molecular weight excluding hydrogens is 204 g/mol. The van der Waals surface area contributed by atoms with Gasteiger partial charge in [-0.2, -0.15) is 0 Å². The lowest BCUT2D eigenvalue weighted by Gasteiger charge is -2.11. The van der Waals surface area contributed by atoms with E-state index >= 15 is 0 Å². The monoisotopic (exact) mass is 220 g/mol. The average molecular weight is 220 g/mol. The molecule has 1 unspecified atom stereocenters. The second kappa shape index (κ2) is 5.51. The molecule has 0 saturated carbocycles. The summed E-state index contributed by atoms with van der Waals surface area (Å²) in [5, 5.41) is 7.23. The highest BCUT2D eigenvalue weighted by molar-refractivity contribution is 4.99. The summed E-state index contributed by atoms with van der Waals surface area (Å²) in [4.78, 5) is 0. The summed E-state index contributed by atoms with van der Waals surface area (Å²) < 4.78 is 10.0. The van der Waals surface area contributed by atoms with Crippen LogP contribution in [0.5, 0.6) is 0 Å². The molecule has 4 nitrogen and oxygen atoms in total. The van der Waals surface area contributed by atoms with Crippen LogP contribution >= 0.6 is 0 Å². The highest BCUT2D eigenvalue weighted by Crippen LogP contribution is 2.06. The number of hydrogen-bond acceptors (Lipinski definition) is 4. The van der Waals surface area contributed by atoms with Gasteiger partial charge in [0.1, 0.15) is 12.0 Å². The molecule has 0 spiro atoms. The van der Waals surface area contributed by atoms with Crippen molar-refractivity contribution in [2.24, 2.45) is 0 Å². The van der Waals surface area contributed by atoms with Crippen LogP contribution in [0.25, 0.3) is 0 Å². The first kappa shape index (κ1) is 11.0. The second-order valence-electron chi connectivity index (χ2n) is 3.89. The largest absolute Gasteiger partial charge is 0.469 e. The van der Waals surface area contributed by atoms with Gasteiger partial charge < -0.3 is 14.3 Å². The van der Waals surface area contributed by atoms with E-state index in [1.165, 1.54) is 0 Å². The third-order valence-corrected chi connectivity index (χ3v) is 2.53. The van der Waals surface area contributed by atoms with E-state index in [0.29, 0.717) is 6.04 Å². The molecule has 0 radical (unpaired) electrons. The first-order valence-corrected chi connectivity index (χ1v) is 5.49. The van der Waals surface area contributed by atoms with Crippen molar-refractivity contribution in [3.8, 4) is 0 Å². The van der Waals surface area contributed by atoms with E-state index in [4.69, 9.17) is 8.94 Å². The molecular formula is C12H16N2O2. The fourth-order valence-electron chi connectivity index (χ4n) is 1.52. The summed E-state index contributed by atoms with van der Waals surface area (Å²) in [5.41, 5.74) is 0.935. The predicted molar refractivity (Wildman–Crippen MR) is 59.8 cm³/mol. The Kier molecular flexibility index (Phi) is 3.77. The van der Waals surface area contributed by atoms with Crippen molar-refractivity contribution in [1.29, 1.82) is 0 Å². The normalized spacial score (nSPS) is 12.8. The van der Waals surface area contributed by atoms with Gasteiger partial charge in [-0.05, 0) is 25.5 Å². The van der Waals surface area contributed by atoms with Gasteiger partial charge in [0, 0.05) is 25.1 Å². The topological polar surface area (TPSA) is 51.2 Å². The molecule has 2 rings (SSSR count). The van der Waals surface area contributed by atoms with E-state index in [2.05, 4.69) is 17.4 Å². The Morgan fingerprint density at radius 2 is 2.31 bits per heavy atom. The average Bonchev–Trinajstić information content (AvgIpc) is 2.96. The molecule has 1 atom stereocenters. The molecule has 2 aromatic rings. The lowest BCUT2D eigenvalue weighted by Crippen LogP contribution is -2.26. The van der Waals surface area contributed by atoms with Gasteiger partial charge in [-0.15, -0.1) is 0 Å². The summed E-state index contributed by atoms with van der Waals surface area (Å²) in [5.74, 6) is 1.04. The molecule has 0 aliphatic carbocycles. The summed E-state index contributed by atoms with van der Waals surface area (Å²) in [7, 11) is 0. The van der Waals surface area contributed by atoms with Gasteiger partial charge in [-0.25, -0.2) is 0 Å². The zero-order chi connectivity index (χ0) is 11.2. The number of furan rings is 1. The first-order valence-electron chi connectivity index (χ1n) is 5.49. The maximum Gasteiger partial charge on any atom is 0.124 e. The number of nitrogens with one attached hydrogen (secondary N) is 1. The molecule has 0 bridgehead atoms. The zero-order valence-corrected chi connectivity index (χ0v) is 9.35. The number of aromatic nitrogens is 1. The van der Waals surface area contributed by atoms with Crippen LogP contribution in [-0.4, -0.2) is 11.2 Å². The molecule has 0 fully saturated rings. The van der Waals surface area contributed by atoms with Crippen molar-refractivity contribution < 1.29 is 8.94 Å². The molecule has 16 heavy (non-hydrogen) atoms. The Labute approximate surface area is 94.6 Å². The molecule has 0 aliphatic heterocycles. The smallest absolute Gasteiger partial charge is 0.124 e. The highest BCUT2D eigenvalue weighted by atomic mass is 16.5. The van der Waals surface area contributed by atoms with E-state index in [1.807, 2.05) is 18.2 Å². The lowest BCUT2D eigenvalue weighted by molar-refractivity contribution is 0.402. The number of hydrogen-bond donors (Lipinski definition) is 1. The SMILES string of the molecule is CC(CCc1ccco1)NCc1ccon1. The number of rotatable bonds is 6. The minimum Gasteiger partial charge on any atom is -0.469 e. The quantitative estimate of drug-likeness (QED) is 0.812. The van der Waals surface area contributed by atoms with Crippen LogP contribution in [0.4, 0.5) is 0 Å². The molecule has 0 amide bonds. The summed E-state index contributed by atoms with van der Waals surface area (Å²) in [6.07, 6.45) is 5.30. The molecule has 4 heteroatoms. The highest BCUT2D eigenvalue weighted by Gasteiger charge is 2.04. The van der Waals surface area contributed by atoms with E-state index in [1.54, 1.807) is 12.5 Å². The van der Waals surface area contributed by atoms with Gasteiger partial charge in [0.25, 0.3) is 0 Å². The predicted octanol–water partition coefficient (Wildman–Crippen LogP) is 2.38. The number of nitrogens with zero attached hydrogens (tertiary/aromatic N) is 1. The number of aryl methyl sites for hydroxylation is 1. The fraction of sp³-hybridized carbons (Fsp3) is 0.417.